The van der Waals surface area contributed by atoms with E-state index in [1.54, 1.807) is 7.11 Å². The number of hydrogen-bond donors (Lipinski definition) is 2. The monoisotopic (exact) mass is 288 g/mol. The van der Waals surface area contributed by atoms with Crippen LogP contribution in [0.1, 0.15) is 15.9 Å². The molecule has 5 heteroatoms. The van der Waals surface area contributed by atoms with Crippen LogP contribution in [0.15, 0.2) is 42.5 Å². The number of carbonyl (C=O) groups excluding carboxylic acids is 1. The molecule has 0 spiro atoms. The number of nitrogens with two attached hydrogens (primary N) is 1. The number of hydrogen-bond acceptors (Lipinski definition) is 3. The molecule has 0 atom stereocenters. The Morgan fingerprint density at radius 3 is 2.57 bits per heavy atom. The molecular formula is C16H17FN2O2. The molecule has 0 aliphatic rings. The lowest BCUT2D eigenvalue weighted by Crippen LogP contribution is -2.25. The van der Waals surface area contributed by atoms with Gasteiger partial charge in [0.2, 0.25) is 0 Å². The van der Waals surface area contributed by atoms with Crippen LogP contribution in [0.3, 0.4) is 0 Å². The zero-order chi connectivity index (χ0) is 15.2. The van der Waals surface area contributed by atoms with Gasteiger partial charge in [0.1, 0.15) is 11.6 Å². The lowest BCUT2D eigenvalue weighted by Gasteiger charge is -2.07. The first-order valence-electron chi connectivity index (χ1n) is 6.56. The largest absolute Gasteiger partial charge is 0.497 e. The Balaban J connectivity index is 1.87. The molecular weight excluding hydrogens is 271 g/mol. The standard InChI is InChI=1S/C16H17FN2O2/c1-21-13-5-2-11(3-6-13)8-9-19-16(20)12-4-7-14(17)15(18)10-12/h2-7,10H,8-9,18H2,1H3,(H,19,20). The summed E-state index contributed by atoms with van der Waals surface area (Å²) < 4.78 is 18.1. The second-order valence-electron chi connectivity index (χ2n) is 4.59. The Kier molecular flexibility index (Phi) is 4.77. The van der Waals surface area contributed by atoms with Crippen LogP contribution >= 0.6 is 0 Å². The molecule has 0 unspecified atom stereocenters. The second-order valence-corrected chi connectivity index (χ2v) is 4.59. The quantitative estimate of drug-likeness (QED) is 0.830. The first kappa shape index (κ1) is 14.8. The van der Waals surface area contributed by atoms with Gasteiger partial charge in [0.05, 0.1) is 12.8 Å². The molecule has 2 aromatic rings. The lowest BCUT2D eigenvalue weighted by molar-refractivity contribution is 0.0954. The van der Waals surface area contributed by atoms with Gasteiger partial charge in [-0.05, 0) is 42.3 Å². The minimum absolute atomic E-state index is 0.0298. The average Bonchev–Trinajstić information content (AvgIpc) is 2.50. The number of carbonyl (C=O) groups is 1. The Morgan fingerprint density at radius 1 is 1.24 bits per heavy atom. The highest BCUT2D eigenvalue weighted by Crippen LogP contribution is 2.13. The van der Waals surface area contributed by atoms with Gasteiger partial charge in [0.15, 0.2) is 0 Å². The van der Waals surface area contributed by atoms with Gasteiger partial charge in [0.25, 0.3) is 5.91 Å². The number of nitrogen functional groups attached to an aromatic ring is 1. The predicted molar refractivity (Wildman–Crippen MR) is 79.8 cm³/mol. The molecule has 4 nitrogen and oxygen atoms in total. The van der Waals surface area contributed by atoms with E-state index in [0.29, 0.717) is 18.5 Å². The fourth-order valence-electron chi connectivity index (χ4n) is 1.90. The molecule has 3 N–H and O–H groups in total. The summed E-state index contributed by atoms with van der Waals surface area (Å²) in [4.78, 5) is 11.9. The van der Waals surface area contributed by atoms with Gasteiger partial charge in [-0.3, -0.25) is 4.79 Å². The van der Waals surface area contributed by atoms with Crippen molar-refractivity contribution in [2.75, 3.05) is 19.4 Å². The molecule has 0 bridgehead atoms. The molecule has 0 radical (unpaired) electrons. The molecule has 21 heavy (non-hydrogen) atoms. The van der Waals surface area contributed by atoms with Crippen LogP contribution in [-0.2, 0) is 6.42 Å². The smallest absolute Gasteiger partial charge is 0.251 e. The van der Waals surface area contributed by atoms with Crippen LogP contribution in [0.4, 0.5) is 10.1 Å². The highest BCUT2D eigenvalue weighted by Gasteiger charge is 2.07. The molecule has 1 amide bonds. The van der Waals surface area contributed by atoms with E-state index in [2.05, 4.69) is 5.32 Å². The first-order chi connectivity index (χ1) is 10.1. The molecule has 0 aliphatic carbocycles. The summed E-state index contributed by atoms with van der Waals surface area (Å²) in [6, 6.07) is 11.6. The van der Waals surface area contributed by atoms with Gasteiger partial charge in [0, 0.05) is 12.1 Å². The fraction of sp³-hybridized carbons (Fsp3) is 0.188. The van der Waals surface area contributed by atoms with E-state index in [0.717, 1.165) is 11.3 Å². The minimum atomic E-state index is -0.523. The minimum Gasteiger partial charge on any atom is -0.497 e. The van der Waals surface area contributed by atoms with Crippen molar-refractivity contribution in [1.29, 1.82) is 0 Å². The summed E-state index contributed by atoms with van der Waals surface area (Å²) in [5, 5.41) is 2.77. The van der Waals surface area contributed by atoms with E-state index in [1.165, 1.54) is 18.2 Å². The van der Waals surface area contributed by atoms with Crippen molar-refractivity contribution in [3.8, 4) is 5.75 Å². The normalized spacial score (nSPS) is 10.2. The number of methoxy groups -OCH3 is 1. The Hall–Kier alpha value is -2.56. The maximum absolute atomic E-state index is 13.0. The number of nitrogens with one attached hydrogen (secondary N) is 1. The molecule has 2 rings (SSSR count). The summed E-state index contributed by atoms with van der Waals surface area (Å²) in [6.45, 7) is 0.489. The molecule has 0 heterocycles. The van der Waals surface area contributed by atoms with Gasteiger partial charge in [-0.1, -0.05) is 12.1 Å². The summed E-state index contributed by atoms with van der Waals surface area (Å²) >= 11 is 0. The Bertz CT molecular complexity index is 627. The summed E-state index contributed by atoms with van der Waals surface area (Å²) in [7, 11) is 1.61. The molecule has 110 valence electrons. The van der Waals surface area contributed by atoms with E-state index >= 15 is 0 Å². The molecule has 0 saturated carbocycles. The number of ether oxygens (including phenoxy) is 1. The van der Waals surface area contributed by atoms with Crippen LogP contribution in [0.5, 0.6) is 5.75 Å². The van der Waals surface area contributed by atoms with E-state index in [4.69, 9.17) is 10.5 Å². The lowest BCUT2D eigenvalue weighted by atomic mass is 10.1. The predicted octanol–water partition coefficient (Wildman–Crippen LogP) is 2.39. The Labute approximate surface area is 122 Å². The fourth-order valence-corrected chi connectivity index (χ4v) is 1.90. The van der Waals surface area contributed by atoms with Crippen molar-refractivity contribution >= 4 is 11.6 Å². The number of benzene rings is 2. The van der Waals surface area contributed by atoms with Gasteiger partial charge < -0.3 is 15.8 Å². The van der Waals surface area contributed by atoms with Crippen LogP contribution in [0, 0.1) is 5.82 Å². The zero-order valence-corrected chi connectivity index (χ0v) is 11.7. The number of rotatable bonds is 5. The van der Waals surface area contributed by atoms with Crippen LogP contribution in [-0.4, -0.2) is 19.6 Å². The number of amides is 1. The third-order valence-electron chi connectivity index (χ3n) is 3.12. The number of anilines is 1. The maximum atomic E-state index is 13.0. The number of halogens is 1. The van der Waals surface area contributed by atoms with E-state index in [-0.39, 0.29) is 11.6 Å². The van der Waals surface area contributed by atoms with E-state index in [9.17, 15) is 9.18 Å². The summed E-state index contributed by atoms with van der Waals surface area (Å²) in [5.41, 5.74) is 6.85. The van der Waals surface area contributed by atoms with Crippen LogP contribution in [0.25, 0.3) is 0 Å². The van der Waals surface area contributed by atoms with Gasteiger partial charge in [-0.15, -0.1) is 0 Å². The highest BCUT2D eigenvalue weighted by atomic mass is 19.1. The molecule has 2 aromatic carbocycles. The van der Waals surface area contributed by atoms with Crippen molar-refractivity contribution in [2.45, 2.75) is 6.42 Å². The molecule has 0 aliphatic heterocycles. The third-order valence-corrected chi connectivity index (χ3v) is 3.12. The third kappa shape index (κ3) is 3.95. The van der Waals surface area contributed by atoms with Crippen molar-refractivity contribution in [1.82, 2.24) is 5.32 Å². The van der Waals surface area contributed by atoms with Gasteiger partial charge >= 0.3 is 0 Å². The average molecular weight is 288 g/mol. The van der Waals surface area contributed by atoms with Crippen LogP contribution < -0.4 is 15.8 Å². The van der Waals surface area contributed by atoms with Crippen molar-refractivity contribution in [3.05, 3.63) is 59.4 Å². The van der Waals surface area contributed by atoms with Gasteiger partial charge in [-0.2, -0.15) is 0 Å². The van der Waals surface area contributed by atoms with Crippen molar-refractivity contribution in [3.63, 3.8) is 0 Å². The maximum Gasteiger partial charge on any atom is 0.251 e. The first-order valence-corrected chi connectivity index (χ1v) is 6.56. The van der Waals surface area contributed by atoms with E-state index < -0.39 is 5.82 Å². The Morgan fingerprint density at radius 2 is 1.95 bits per heavy atom. The molecule has 0 saturated heterocycles. The highest BCUT2D eigenvalue weighted by molar-refractivity contribution is 5.95. The summed E-state index contributed by atoms with van der Waals surface area (Å²) in [5.74, 6) is 0.00423. The van der Waals surface area contributed by atoms with Crippen molar-refractivity contribution in [2.24, 2.45) is 0 Å². The van der Waals surface area contributed by atoms with Gasteiger partial charge in [-0.25, -0.2) is 4.39 Å². The topological polar surface area (TPSA) is 64.3 Å². The zero-order valence-electron chi connectivity index (χ0n) is 11.7. The molecule has 0 aromatic heterocycles. The van der Waals surface area contributed by atoms with Crippen molar-refractivity contribution < 1.29 is 13.9 Å². The van der Waals surface area contributed by atoms with E-state index in [1.807, 2.05) is 24.3 Å². The summed E-state index contributed by atoms with van der Waals surface area (Å²) in [6.07, 6.45) is 0.701. The second kappa shape index (κ2) is 6.74. The SMILES string of the molecule is COc1ccc(CCNC(=O)c2ccc(F)c(N)c2)cc1. The molecule has 0 fully saturated rings. The van der Waals surface area contributed by atoms with Crippen LogP contribution in [0.2, 0.25) is 0 Å².